The van der Waals surface area contributed by atoms with Crippen LogP contribution >= 0.6 is 35.7 Å². The number of nitrogens with zero attached hydrogens (tertiary/aromatic N) is 1. The molecule has 2 nitrogen and oxygen atoms in total. The Bertz CT molecular complexity index is 903. The number of aryl methyl sites for hydroxylation is 1. The van der Waals surface area contributed by atoms with Crippen molar-refractivity contribution < 1.29 is 4.79 Å². The molecule has 0 fully saturated rings. The third-order valence-corrected chi connectivity index (χ3v) is 9.40. The highest BCUT2D eigenvalue weighted by molar-refractivity contribution is 8.13. The van der Waals surface area contributed by atoms with Crippen molar-refractivity contribution in [2.45, 2.75) is 89.2 Å². The van der Waals surface area contributed by atoms with Crippen LogP contribution in [0.1, 0.15) is 79.1 Å². The molecule has 5 heteroatoms. The number of unbranched alkanes of at least 4 members (excludes halogenated alkanes) is 4. The first kappa shape index (κ1) is 26.5. The highest BCUT2D eigenvalue weighted by atomic mass is 32.2. The van der Waals surface area contributed by atoms with Gasteiger partial charge in [0.05, 0.1) is 0 Å². The maximum absolute atomic E-state index is 12.2. The predicted octanol–water partition coefficient (Wildman–Crippen LogP) is 8.82. The number of benzene rings is 1. The Morgan fingerprint density at radius 1 is 1.10 bits per heavy atom. The molecule has 1 unspecified atom stereocenters. The highest BCUT2D eigenvalue weighted by Gasteiger charge is 2.25. The molecule has 1 heterocycles. The second-order valence-electron chi connectivity index (χ2n) is 9.00. The average Bonchev–Trinajstić information content (AvgIpc) is 2.77. The normalized spacial score (nSPS) is 12.9. The van der Waals surface area contributed by atoms with Crippen molar-refractivity contribution in [3.63, 3.8) is 0 Å². The Balaban J connectivity index is 1.73. The fraction of sp³-hybridized carbons (Fsp3) is 0.615. The lowest BCUT2D eigenvalue weighted by atomic mass is 9.92. The molecule has 172 valence electrons. The zero-order chi connectivity index (χ0) is 22.9. The van der Waals surface area contributed by atoms with Gasteiger partial charge in [-0.2, -0.15) is 0 Å². The van der Waals surface area contributed by atoms with E-state index in [1.54, 1.807) is 0 Å². The van der Waals surface area contributed by atoms with E-state index in [-0.39, 0.29) is 5.41 Å². The number of pyridine rings is 1. The molecule has 0 bridgehead atoms. The molecule has 0 aliphatic heterocycles. The summed E-state index contributed by atoms with van der Waals surface area (Å²) in [7, 11) is 2.05. The monoisotopic (exact) mass is 477 g/mol. The van der Waals surface area contributed by atoms with Gasteiger partial charge in [0.2, 0.25) is 0 Å². The van der Waals surface area contributed by atoms with Crippen LogP contribution in [0.4, 0.5) is 0 Å². The van der Waals surface area contributed by atoms with E-state index in [0.717, 1.165) is 23.2 Å². The number of aromatic nitrogens is 1. The minimum Gasteiger partial charge on any atom is -0.335 e. The second kappa shape index (κ2) is 13.1. The van der Waals surface area contributed by atoms with Crippen molar-refractivity contribution in [2.24, 2.45) is 12.5 Å². The lowest BCUT2D eigenvalue weighted by Gasteiger charge is -2.19. The number of para-hydroxylation sites is 1. The number of fused-ring (bicyclic) bond motifs is 1. The van der Waals surface area contributed by atoms with Gasteiger partial charge in [0.1, 0.15) is 4.64 Å². The Kier molecular flexibility index (Phi) is 11.1. The molecule has 1 atom stereocenters. The fourth-order valence-electron chi connectivity index (χ4n) is 3.51. The summed E-state index contributed by atoms with van der Waals surface area (Å²) < 4.78 is 3.00. The lowest BCUT2D eigenvalue weighted by Crippen LogP contribution is -2.20. The van der Waals surface area contributed by atoms with E-state index >= 15 is 0 Å². The van der Waals surface area contributed by atoms with E-state index in [1.165, 1.54) is 66.1 Å². The second-order valence-corrected chi connectivity index (χ2v) is 11.8. The molecule has 0 aliphatic rings. The van der Waals surface area contributed by atoms with Crippen LogP contribution in [0.2, 0.25) is 0 Å². The molecule has 0 saturated heterocycles. The summed E-state index contributed by atoms with van der Waals surface area (Å²) in [5.74, 6) is 0.970. The summed E-state index contributed by atoms with van der Waals surface area (Å²) in [4.78, 5) is 13.5. The first-order chi connectivity index (χ1) is 14.8. The number of carbonyl (C=O) groups excluding carboxylic acids is 1. The van der Waals surface area contributed by atoms with E-state index in [4.69, 9.17) is 12.2 Å². The van der Waals surface area contributed by atoms with Crippen LogP contribution < -0.4 is 0 Å². The van der Waals surface area contributed by atoms with Gasteiger partial charge in [-0.1, -0.05) is 95.6 Å². The third kappa shape index (κ3) is 7.94. The number of rotatable bonds is 13. The zero-order valence-corrected chi connectivity index (χ0v) is 22.4. The van der Waals surface area contributed by atoms with Gasteiger partial charge in [0, 0.05) is 39.3 Å². The van der Waals surface area contributed by atoms with Gasteiger partial charge in [-0.3, -0.25) is 4.79 Å². The molecule has 1 aromatic carbocycles. The molecule has 2 rings (SSSR count). The maximum Gasteiger partial charge on any atom is 0.194 e. The molecule has 0 aliphatic carbocycles. The molecule has 1 aromatic heterocycles. The fourth-order valence-corrected chi connectivity index (χ4v) is 6.16. The molecule has 0 N–H and O–H groups in total. The molecule has 31 heavy (non-hydrogen) atoms. The van der Waals surface area contributed by atoms with Crippen molar-refractivity contribution in [1.29, 1.82) is 0 Å². The van der Waals surface area contributed by atoms with Crippen molar-refractivity contribution in [3.05, 3.63) is 35.0 Å². The molecule has 2 aromatic rings. The molecule has 0 saturated carbocycles. The van der Waals surface area contributed by atoms with E-state index in [9.17, 15) is 4.79 Å². The Labute approximate surface area is 203 Å². The van der Waals surface area contributed by atoms with Crippen LogP contribution in [-0.2, 0) is 11.8 Å². The van der Waals surface area contributed by atoms with Crippen LogP contribution in [0.15, 0.2) is 35.2 Å². The minimum atomic E-state index is -0.176. The first-order valence-electron chi connectivity index (χ1n) is 11.7. The topological polar surface area (TPSA) is 22.0 Å². The molecule has 0 radical (unpaired) electrons. The molecular formula is C26H39NOS3. The number of hydrogen-bond donors (Lipinski definition) is 0. The third-order valence-electron chi connectivity index (χ3n) is 6.21. The average molecular weight is 478 g/mol. The molecule has 0 spiro atoms. The Morgan fingerprint density at radius 3 is 2.48 bits per heavy atom. The zero-order valence-electron chi connectivity index (χ0n) is 19.9. The van der Waals surface area contributed by atoms with Crippen LogP contribution in [0.3, 0.4) is 0 Å². The smallest absolute Gasteiger partial charge is 0.194 e. The van der Waals surface area contributed by atoms with Crippen molar-refractivity contribution in [1.82, 2.24) is 4.57 Å². The number of hydrogen-bond acceptors (Lipinski definition) is 4. The van der Waals surface area contributed by atoms with E-state index < -0.39 is 0 Å². The predicted molar refractivity (Wildman–Crippen MR) is 143 cm³/mol. The van der Waals surface area contributed by atoms with Crippen LogP contribution in [0.5, 0.6) is 0 Å². The maximum atomic E-state index is 12.2. The van der Waals surface area contributed by atoms with Gasteiger partial charge < -0.3 is 4.57 Å². The molecular weight excluding hydrogens is 438 g/mol. The largest absolute Gasteiger partial charge is 0.335 e. The first-order valence-corrected chi connectivity index (χ1v) is 14.0. The van der Waals surface area contributed by atoms with Gasteiger partial charge in [-0.05, 0) is 37.8 Å². The quantitative estimate of drug-likeness (QED) is 0.163. The van der Waals surface area contributed by atoms with Crippen LogP contribution in [0, 0.1) is 10.1 Å². The van der Waals surface area contributed by atoms with Gasteiger partial charge in [-0.25, -0.2) is 0 Å². The number of carbonyl (C=O) groups is 1. The molecule has 0 amide bonds. The van der Waals surface area contributed by atoms with E-state index in [2.05, 4.69) is 69.6 Å². The number of thioether (sulfide) groups is 2. The minimum absolute atomic E-state index is 0.176. The van der Waals surface area contributed by atoms with Crippen LogP contribution in [0.25, 0.3) is 10.9 Å². The lowest BCUT2D eigenvalue weighted by molar-refractivity contribution is -0.118. The summed E-state index contributed by atoms with van der Waals surface area (Å²) in [6, 6.07) is 10.7. The highest BCUT2D eigenvalue weighted by Crippen LogP contribution is 2.34. The van der Waals surface area contributed by atoms with E-state index in [1.807, 2.05) is 11.8 Å². The summed E-state index contributed by atoms with van der Waals surface area (Å²) in [6.45, 7) is 8.50. The van der Waals surface area contributed by atoms with Gasteiger partial charge >= 0.3 is 0 Å². The van der Waals surface area contributed by atoms with Gasteiger partial charge in [0.15, 0.2) is 5.12 Å². The van der Waals surface area contributed by atoms with Gasteiger partial charge in [0.25, 0.3) is 0 Å². The van der Waals surface area contributed by atoms with Crippen molar-refractivity contribution >= 4 is 51.8 Å². The Hall–Kier alpha value is -0.780. The van der Waals surface area contributed by atoms with E-state index in [0.29, 0.717) is 10.4 Å². The Morgan fingerprint density at radius 2 is 1.77 bits per heavy atom. The van der Waals surface area contributed by atoms with Crippen molar-refractivity contribution in [2.75, 3.05) is 5.75 Å². The summed E-state index contributed by atoms with van der Waals surface area (Å²) >= 11 is 9.12. The van der Waals surface area contributed by atoms with Crippen LogP contribution in [-0.4, -0.2) is 20.7 Å². The standard InChI is InChI=1S/C26H39NOS3/c1-6-20(15-11-9-8-10-14-18-30-25(28)26(3,4)7-2)31-23-19-24(29)27(5)22-17-13-12-16-21(22)23/h12-13,16-17,19-20H,6-11,14-15,18H2,1-5H3. The SMILES string of the molecule is CCC(CCCCCCCSC(=O)C(C)(C)CC)Sc1cc(=S)n(C)c2ccccc12. The van der Waals surface area contributed by atoms with Gasteiger partial charge in [-0.15, -0.1) is 11.8 Å². The summed E-state index contributed by atoms with van der Waals surface area (Å²) in [6.07, 6.45) is 9.56. The van der Waals surface area contributed by atoms with Crippen molar-refractivity contribution in [3.8, 4) is 0 Å². The summed E-state index contributed by atoms with van der Waals surface area (Å²) in [5, 5.41) is 2.29. The summed E-state index contributed by atoms with van der Waals surface area (Å²) in [5.41, 5.74) is 1.04.